The van der Waals surface area contributed by atoms with Crippen molar-refractivity contribution in [2.24, 2.45) is 5.41 Å². The van der Waals surface area contributed by atoms with Gasteiger partial charge in [0.05, 0.1) is 0 Å². The van der Waals surface area contributed by atoms with E-state index in [-0.39, 0.29) is 0 Å². The van der Waals surface area contributed by atoms with Gasteiger partial charge in [-0.2, -0.15) is 0 Å². The fraction of sp³-hybridized carbons (Fsp3) is 0.714. The summed E-state index contributed by atoms with van der Waals surface area (Å²) in [7, 11) is 0. The first kappa shape index (κ1) is 16.6. The Kier molecular flexibility index (Phi) is 5.21. The van der Waals surface area contributed by atoms with Crippen molar-refractivity contribution in [3.8, 4) is 0 Å². The molecule has 1 aliphatic carbocycles. The number of hydrogen-bond acceptors (Lipinski definition) is 3. The number of nitrogens with zero attached hydrogens (tertiary/aromatic N) is 3. The second-order valence-corrected chi connectivity index (χ2v) is 8.34. The van der Waals surface area contributed by atoms with Crippen LogP contribution in [0.3, 0.4) is 0 Å². The Hall–Kier alpha value is -0.900. The molecule has 0 bridgehead atoms. The highest BCUT2D eigenvalue weighted by atomic mass is 15.3. The van der Waals surface area contributed by atoms with Crippen LogP contribution in [-0.4, -0.2) is 67.1 Å². The molecule has 0 N–H and O–H groups in total. The first-order valence-electron chi connectivity index (χ1n) is 10.0. The van der Waals surface area contributed by atoms with Crippen LogP contribution in [0.15, 0.2) is 30.3 Å². The van der Waals surface area contributed by atoms with Crippen LogP contribution in [0.5, 0.6) is 0 Å². The second-order valence-electron chi connectivity index (χ2n) is 8.34. The van der Waals surface area contributed by atoms with Crippen LogP contribution in [0.1, 0.15) is 37.7 Å². The number of piperazine rings is 1. The summed E-state index contributed by atoms with van der Waals surface area (Å²) in [4.78, 5) is 8.04. The Labute approximate surface area is 147 Å². The van der Waals surface area contributed by atoms with E-state index in [0.29, 0.717) is 0 Å². The summed E-state index contributed by atoms with van der Waals surface area (Å²) in [6.07, 6.45) is 7.44. The van der Waals surface area contributed by atoms with Crippen LogP contribution in [0, 0.1) is 5.41 Å². The Morgan fingerprint density at radius 1 is 0.708 bits per heavy atom. The lowest BCUT2D eigenvalue weighted by Gasteiger charge is -2.35. The topological polar surface area (TPSA) is 9.72 Å². The van der Waals surface area contributed by atoms with Crippen molar-refractivity contribution in [2.45, 2.75) is 38.6 Å². The molecule has 1 aromatic rings. The Bertz CT molecular complexity index is 501. The highest BCUT2D eigenvalue weighted by Gasteiger charge is 2.39. The lowest BCUT2D eigenvalue weighted by molar-refractivity contribution is 0.115. The molecule has 24 heavy (non-hydrogen) atoms. The van der Waals surface area contributed by atoms with Crippen molar-refractivity contribution in [1.29, 1.82) is 0 Å². The lowest BCUT2D eigenvalue weighted by atomic mass is 9.86. The van der Waals surface area contributed by atoms with E-state index >= 15 is 0 Å². The number of likely N-dealkylation sites (tertiary alicyclic amines) is 1. The number of hydrogen-bond donors (Lipinski definition) is 0. The van der Waals surface area contributed by atoms with Gasteiger partial charge in [0.15, 0.2) is 0 Å². The van der Waals surface area contributed by atoms with Gasteiger partial charge >= 0.3 is 0 Å². The maximum atomic E-state index is 2.75. The van der Waals surface area contributed by atoms with Crippen LogP contribution in [0.25, 0.3) is 0 Å². The normalized spacial score (nSPS) is 25.7. The molecule has 4 rings (SSSR count). The third kappa shape index (κ3) is 4.01. The van der Waals surface area contributed by atoms with E-state index in [2.05, 4.69) is 45.0 Å². The van der Waals surface area contributed by atoms with Crippen LogP contribution < -0.4 is 0 Å². The van der Waals surface area contributed by atoms with E-state index in [9.17, 15) is 0 Å². The molecule has 1 aromatic carbocycles. The third-order valence-electron chi connectivity index (χ3n) is 6.63. The first-order valence-corrected chi connectivity index (χ1v) is 10.0. The minimum atomic E-state index is 0.731. The zero-order chi connectivity index (χ0) is 16.2. The summed E-state index contributed by atoms with van der Waals surface area (Å²) in [5.41, 5.74) is 2.18. The number of benzene rings is 1. The molecule has 1 saturated carbocycles. The Balaban J connectivity index is 1.16. The van der Waals surface area contributed by atoms with Gasteiger partial charge in [0.25, 0.3) is 0 Å². The standard InChI is InChI=1S/C21H33N3/c1-2-6-20(7-3-1)18-23-15-12-22(13-16-23)14-17-24-11-10-21(19-24)8-4-5-9-21/h1-3,6-7H,4-5,8-19H2. The van der Waals surface area contributed by atoms with E-state index in [4.69, 9.17) is 0 Å². The molecule has 3 aliphatic rings. The Morgan fingerprint density at radius 2 is 1.38 bits per heavy atom. The molecule has 0 atom stereocenters. The quantitative estimate of drug-likeness (QED) is 0.823. The molecule has 3 fully saturated rings. The van der Waals surface area contributed by atoms with Crippen molar-refractivity contribution in [3.63, 3.8) is 0 Å². The summed E-state index contributed by atoms with van der Waals surface area (Å²) in [6.45, 7) is 11.4. The van der Waals surface area contributed by atoms with Crippen LogP contribution in [-0.2, 0) is 6.54 Å². The summed E-state index contributed by atoms with van der Waals surface area (Å²) < 4.78 is 0. The van der Waals surface area contributed by atoms with Crippen molar-refractivity contribution in [3.05, 3.63) is 35.9 Å². The molecular weight excluding hydrogens is 294 g/mol. The summed E-state index contributed by atoms with van der Waals surface area (Å²) >= 11 is 0. The van der Waals surface area contributed by atoms with E-state index in [1.165, 1.54) is 90.0 Å². The SMILES string of the molecule is c1ccc(CN2CCN(CCN3CCC4(CCCC4)C3)CC2)cc1. The van der Waals surface area contributed by atoms with Crippen molar-refractivity contribution in [2.75, 3.05) is 52.4 Å². The average molecular weight is 328 g/mol. The second kappa shape index (κ2) is 7.55. The van der Waals surface area contributed by atoms with Gasteiger partial charge in [-0.25, -0.2) is 0 Å². The van der Waals surface area contributed by atoms with Gasteiger partial charge in [0.1, 0.15) is 0 Å². The highest BCUT2D eigenvalue weighted by molar-refractivity contribution is 5.14. The molecule has 2 aliphatic heterocycles. The molecule has 0 unspecified atom stereocenters. The van der Waals surface area contributed by atoms with Crippen LogP contribution in [0.4, 0.5) is 0 Å². The molecule has 3 nitrogen and oxygen atoms in total. The van der Waals surface area contributed by atoms with E-state index < -0.39 is 0 Å². The monoisotopic (exact) mass is 327 g/mol. The van der Waals surface area contributed by atoms with Gasteiger partial charge < -0.3 is 4.90 Å². The highest BCUT2D eigenvalue weighted by Crippen LogP contribution is 2.45. The molecular formula is C21H33N3. The lowest BCUT2D eigenvalue weighted by Crippen LogP contribution is -2.48. The molecule has 0 aromatic heterocycles. The van der Waals surface area contributed by atoms with Gasteiger partial charge in [-0.05, 0) is 36.8 Å². The molecule has 2 saturated heterocycles. The molecule has 2 heterocycles. The first-order chi connectivity index (χ1) is 11.8. The maximum absolute atomic E-state index is 2.75. The molecule has 3 heteroatoms. The fourth-order valence-corrected chi connectivity index (χ4v) is 5.05. The van der Waals surface area contributed by atoms with Gasteiger partial charge in [-0.3, -0.25) is 9.80 Å². The van der Waals surface area contributed by atoms with Gasteiger partial charge in [0.2, 0.25) is 0 Å². The van der Waals surface area contributed by atoms with Gasteiger partial charge in [0, 0.05) is 52.4 Å². The zero-order valence-corrected chi connectivity index (χ0v) is 15.1. The van der Waals surface area contributed by atoms with E-state index in [0.717, 1.165) is 12.0 Å². The smallest absolute Gasteiger partial charge is 0.0234 e. The minimum absolute atomic E-state index is 0.731. The van der Waals surface area contributed by atoms with E-state index in [1.807, 2.05) is 0 Å². The van der Waals surface area contributed by atoms with Gasteiger partial charge in [-0.15, -0.1) is 0 Å². The summed E-state index contributed by atoms with van der Waals surface area (Å²) in [5, 5.41) is 0. The molecule has 0 amide bonds. The fourth-order valence-electron chi connectivity index (χ4n) is 5.05. The zero-order valence-electron chi connectivity index (χ0n) is 15.1. The predicted octanol–water partition coefficient (Wildman–Crippen LogP) is 3.07. The van der Waals surface area contributed by atoms with Gasteiger partial charge in [-0.1, -0.05) is 43.2 Å². The Morgan fingerprint density at radius 3 is 2.12 bits per heavy atom. The predicted molar refractivity (Wildman–Crippen MR) is 100 cm³/mol. The maximum Gasteiger partial charge on any atom is 0.0234 e. The average Bonchev–Trinajstić information content (AvgIpc) is 3.25. The van der Waals surface area contributed by atoms with Crippen LogP contribution in [0.2, 0.25) is 0 Å². The summed E-state index contributed by atoms with van der Waals surface area (Å²) in [6, 6.07) is 10.9. The summed E-state index contributed by atoms with van der Waals surface area (Å²) in [5.74, 6) is 0. The largest absolute Gasteiger partial charge is 0.301 e. The van der Waals surface area contributed by atoms with Crippen molar-refractivity contribution < 1.29 is 0 Å². The molecule has 132 valence electrons. The minimum Gasteiger partial charge on any atom is -0.301 e. The third-order valence-corrected chi connectivity index (χ3v) is 6.63. The van der Waals surface area contributed by atoms with Crippen molar-refractivity contribution >= 4 is 0 Å². The van der Waals surface area contributed by atoms with E-state index in [1.54, 1.807) is 0 Å². The molecule has 0 radical (unpaired) electrons. The molecule has 1 spiro atoms. The number of rotatable bonds is 5. The van der Waals surface area contributed by atoms with Crippen LogP contribution >= 0.6 is 0 Å². The van der Waals surface area contributed by atoms with Crippen molar-refractivity contribution in [1.82, 2.24) is 14.7 Å².